The van der Waals surface area contributed by atoms with Gasteiger partial charge in [0.1, 0.15) is 0 Å². The first-order chi connectivity index (χ1) is 10.5. The summed E-state index contributed by atoms with van der Waals surface area (Å²) in [6, 6.07) is 5.60. The molecule has 0 aromatic heterocycles. The first-order valence-electron chi connectivity index (χ1n) is 7.63. The fourth-order valence-electron chi connectivity index (χ4n) is 2.57. The van der Waals surface area contributed by atoms with Crippen LogP contribution in [-0.2, 0) is 4.74 Å². The Bertz CT molecular complexity index is 498. The van der Waals surface area contributed by atoms with Gasteiger partial charge in [0.15, 0.2) is 0 Å². The lowest BCUT2D eigenvalue weighted by molar-refractivity contribution is 0.0146. The molecule has 2 amide bonds. The van der Waals surface area contributed by atoms with E-state index in [0.29, 0.717) is 10.7 Å². The molecule has 0 aliphatic carbocycles. The summed E-state index contributed by atoms with van der Waals surface area (Å²) in [5, 5.41) is 6.38. The van der Waals surface area contributed by atoms with Crippen LogP contribution < -0.4 is 10.6 Å². The summed E-state index contributed by atoms with van der Waals surface area (Å²) in [7, 11) is 0. The van der Waals surface area contributed by atoms with Gasteiger partial charge in [-0.3, -0.25) is 4.90 Å². The number of rotatable bonds is 4. The molecule has 2 unspecified atom stereocenters. The molecule has 0 radical (unpaired) electrons. The second-order valence-corrected chi connectivity index (χ2v) is 6.12. The molecule has 0 saturated carbocycles. The minimum Gasteiger partial charge on any atom is -0.379 e. The van der Waals surface area contributed by atoms with Crippen molar-refractivity contribution in [1.82, 2.24) is 10.2 Å². The topological polar surface area (TPSA) is 53.6 Å². The Kier molecular flexibility index (Phi) is 6.06. The number of anilines is 1. The highest BCUT2D eigenvalue weighted by atomic mass is 35.5. The third-order valence-corrected chi connectivity index (χ3v) is 4.48. The van der Waals surface area contributed by atoms with E-state index in [1.807, 2.05) is 26.0 Å². The number of para-hydroxylation sites is 1. The lowest BCUT2D eigenvalue weighted by Gasteiger charge is -2.35. The normalized spacial score (nSPS) is 18.5. The summed E-state index contributed by atoms with van der Waals surface area (Å²) >= 11 is 6.13. The summed E-state index contributed by atoms with van der Waals surface area (Å²) < 4.78 is 5.36. The number of carbonyl (C=O) groups excluding carboxylic acids is 1. The van der Waals surface area contributed by atoms with Crippen LogP contribution in [-0.4, -0.2) is 49.3 Å². The smallest absolute Gasteiger partial charge is 0.319 e. The number of carbonyl (C=O) groups is 1. The number of aryl methyl sites for hydroxylation is 1. The van der Waals surface area contributed by atoms with Crippen LogP contribution in [0, 0.1) is 6.92 Å². The summed E-state index contributed by atoms with van der Waals surface area (Å²) in [4.78, 5) is 14.5. The van der Waals surface area contributed by atoms with Crippen LogP contribution in [0.1, 0.15) is 19.4 Å². The van der Waals surface area contributed by atoms with Crippen molar-refractivity contribution in [2.75, 3.05) is 31.6 Å². The monoisotopic (exact) mass is 325 g/mol. The number of urea groups is 1. The zero-order valence-corrected chi connectivity index (χ0v) is 14.1. The molecule has 1 saturated heterocycles. The van der Waals surface area contributed by atoms with Crippen LogP contribution in [0.15, 0.2) is 18.2 Å². The number of halogens is 1. The zero-order valence-electron chi connectivity index (χ0n) is 13.4. The molecular weight excluding hydrogens is 302 g/mol. The van der Waals surface area contributed by atoms with E-state index in [-0.39, 0.29) is 18.1 Å². The Morgan fingerprint density at radius 2 is 2.00 bits per heavy atom. The number of nitrogens with one attached hydrogen (secondary N) is 2. The number of hydrogen-bond acceptors (Lipinski definition) is 3. The van der Waals surface area contributed by atoms with Crippen LogP contribution >= 0.6 is 11.6 Å². The Hall–Kier alpha value is -1.30. The maximum absolute atomic E-state index is 12.2. The maximum Gasteiger partial charge on any atom is 0.319 e. The van der Waals surface area contributed by atoms with Crippen molar-refractivity contribution in [3.8, 4) is 0 Å². The van der Waals surface area contributed by atoms with Gasteiger partial charge in [-0.1, -0.05) is 23.7 Å². The average Bonchev–Trinajstić information content (AvgIpc) is 2.51. The Labute approximate surface area is 137 Å². The van der Waals surface area contributed by atoms with E-state index >= 15 is 0 Å². The quantitative estimate of drug-likeness (QED) is 0.895. The number of hydrogen-bond donors (Lipinski definition) is 2. The predicted molar refractivity (Wildman–Crippen MR) is 89.7 cm³/mol. The van der Waals surface area contributed by atoms with E-state index in [9.17, 15) is 4.79 Å². The Morgan fingerprint density at radius 1 is 1.32 bits per heavy atom. The van der Waals surface area contributed by atoms with Crippen molar-refractivity contribution >= 4 is 23.3 Å². The molecule has 6 heteroatoms. The summed E-state index contributed by atoms with van der Waals surface area (Å²) in [5.41, 5.74) is 1.60. The highest BCUT2D eigenvalue weighted by Gasteiger charge is 2.23. The Balaban J connectivity index is 1.90. The van der Waals surface area contributed by atoms with Crippen LogP contribution in [0.3, 0.4) is 0 Å². The van der Waals surface area contributed by atoms with E-state index < -0.39 is 0 Å². The third kappa shape index (κ3) is 4.35. The minimum absolute atomic E-state index is 0.0286. The summed E-state index contributed by atoms with van der Waals surface area (Å²) in [6.45, 7) is 9.36. The van der Waals surface area contributed by atoms with Gasteiger partial charge in [-0.2, -0.15) is 0 Å². The number of nitrogens with zero attached hydrogens (tertiary/aromatic N) is 1. The van der Waals surface area contributed by atoms with Crippen LogP contribution in [0.25, 0.3) is 0 Å². The molecule has 0 spiro atoms. The molecule has 1 heterocycles. The maximum atomic E-state index is 12.2. The molecule has 1 aliphatic rings. The molecule has 2 N–H and O–H groups in total. The molecule has 1 aliphatic heterocycles. The molecular formula is C16H24ClN3O2. The van der Waals surface area contributed by atoms with Gasteiger partial charge in [0.25, 0.3) is 0 Å². The number of amides is 2. The average molecular weight is 326 g/mol. The van der Waals surface area contributed by atoms with Crippen molar-refractivity contribution in [2.24, 2.45) is 0 Å². The van der Waals surface area contributed by atoms with Crippen molar-refractivity contribution in [2.45, 2.75) is 32.9 Å². The first kappa shape index (κ1) is 17.1. The largest absolute Gasteiger partial charge is 0.379 e. The van der Waals surface area contributed by atoms with E-state index in [4.69, 9.17) is 16.3 Å². The lowest BCUT2D eigenvalue weighted by atomic mass is 10.1. The van der Waals surface area contributed by atoms with Gasteiger partial charge in [0.05, 0.1) is 23.9 Å². The van der Waals surface area contributed by atoms with E-state index in [1.165, 1.54) is 0 Å². The molecule has 5 nitrogen and oxygen atoms in total. The summed E-state index contributed by atoms with van der Waals surface area (Å²) in [5.74, 6) is 0. The van der Waals surface area contributed by atoms with Crippen molar-refractivity contribution in [3.63, 3.8) is 0 Å². The SMILES string of the molecule is Cc1cccc(Cl)c1NC(=O)NC(C)C(C)N1CCOCC1. The molecule has 2 atom stereocenters. The molecule has 2 rings (SSSR count). The fraction of sp³-hybridized carbons (Fsp3) is 0.562. The number of morpholine rings is 1. The molecule has 0 bridgehead atoms. The third-order valence-electron chi connectivity index (χ3n) is 4.16. The standard InChI is InChI=1S/C16H24ClN3O2/c1-11-5-4-6-14(17)15(11)19-16(21)18-12(2)13(3)20-7-9-22-10-8-20/h4-6,12-13H,7-10H2,1-3H3,(H2,18,19,21). The van der Waals surface area contributed by atoms with E-state index in [0.717, 1.165) is 31.9 Å². The van der Waals surface area contributed by atoms with Crippen molar-refractivity contribution in [3.05, 3.63) is 28.8 Å². The van der Waals surface area contributed by atoms with Gasteiger partial charge in [0.2, 0.25) is 0 Å². The molecule has 1 aromatic rings. The second-order valence-electron chi connectivity index (χ2n) is 5.71. The molecule has 122 valence electrons. The van der Waals surface area contributed by atoms with Gasteiger partial charge >= 0.3 is 6.03 Å². The van der Waals surface area contributed by atoms with Gasteiger partial charge in [-0.25, -0.2) is 4.79 Å². The Morgan fingerprint density at radius 3 is 2.64 bits per heavy atom. The highest BCUT2D eigenvalue weighted by Crippen LogP contribution is 2.25. The van der Waals surface area contributed by atoms with Crippen LogP contribution in [0.2, 0.25) is 5.02 Å². The van der Waals surface area contributed by atoms with Gasteiger partial charge in [-0.05, 0) is 32.4 Å². The number of benzene rings is 1. The zero-order chi connectivity index (χ0) is 16.1. The predicted octanol–water partition coefficient (Wildman–Crippen LogP) is 2.88. The minimum atomic E-state index is -0.233. The number of ether oxygens (including phenoxy) is 1. The van der Waals surface area contributed by atoms with Gasteiger partial charge in [0, 0.05) is 25.2 Å². The van der Waals surface area contributed by atoms with Crippen molar-refractivity contribution in [1.29, 1.82) is 0 Å². The van der Waals surface area contributed by atoms with Gasteiger partial charge < -0.3 is 15.4 Å². The molecule has 1 fully saturated rings. The van der Waals surface area contributed by atoms with Crippen molar-refractivity contribution < 1.29 is 9.53 Å². The fourth-order valence-corrected chi connectivity index (χ4v) is 2.84. The van der Waals surface area contributed by atoms with E-state index in [2.05, 4.69) is 22.5 Å². The first-order valence-corrected chi connectivity index (χ1v) is 8.01. The molecule has 1 aromatic carbocycles. The molecule has 22 heavy (non-hydrogen) atoms. The second kappa shape index (κ2) is 7.81. The summed E-state index contributed by atoms with van der Waals surface area (Å²) in [6.07, 6.45) is 0. The van der Waals surface area contributed by atoms with Crippen LogP contribution in [0.4, 0.5) is 10.5 Å². The van der Waals surface area contributed by atoms with Gasteiger partial charge in [-0.15, -0.1) is 0 Å². The van der Waals surface area contributed by atoms with E-state index in [1.54, 1.807) is 6.07 Å². The highest BCUT2D eigenvalue weighted by molar-refractivity contribution is 6.33. The lowest BCUT2D eigenvalue weighted by Crippen LogP contribution is -2.52. The van der Waals surface area contributed by atoms with Crippen LogP contribution in [0.5, 0.6) is 0 Å².